The van der Waals surface area contributed by atoms with Gasteiger partial charge in [0.2, 0.25) is 0 Å². The number of carbonyl (C=O) groups is 2. The Hall–Kier alpha value is -2.07. The summed E-state index contributed by atoms with van der Waals surface area (Å²) in [6, 6.07) is 12.5. The Morgan fingerprint density at radius 2 is 1.82 bits per heavy atom. The molecule has 0 spiro atoms. The van der Waals surface area contributed by atoms with Crippen LogP contribution in [-0.2, 0) is 4.79 Å². The summed E-state index contributed by atoms with van der Waals surface area (Å²) in [6.45, 7) is 5.68. The van der Waals surface area contributed by atoms with Crippen LogP contribution < -0.4 is 10.6 Å². The van der Waals surface area contributed by atoms with Crippen molar-refractivity contribution in [2.75, 3.05) is 57.6 Å². The van der Waals surface area contributed by atoms with E-state index in [9.17, 15) is 14.0 Å². The Bertz CT molecular complexity index is 1140. The molecule has 0 saturated carbocycles. The molecular weight excluding hydrogens is 543 g/mol. The number of nitrogens with zero attached hydrogens (tertiary/aromatic N) is 2. The zero-order valence-corrected chi connectivity index (χ0v) is 25.8. The van der Waals surface area contributed by atoms with Crippen LogP contribution in [0.2, 0.25) is 0 Å². The third-order valence-electron chi connectivity index (χ3n) is 8.08. The van der Waals surface area contributed by atoms with Gasteiger partial charge in [-0.1, -0.05) is 23.9 Å². The fourth-order valence-corrected chi connectivity index (χ4v) is 7.46. The highest BCUT2D eigenvalue weighted by Gasteiger charge is 2.33. The molecule has 40 heavy (non-hydrogen) atoms. The predicted octanol–water partition coefficient (Wildman–Crippen LogP) is 5.45. The first kappa shape index (κ1) is 30.9. The second kappa shape index (κ2) is 14.7. The van der Waals surface area contributed by atoms with E-state index in [1.807, 2.05) is 25.1 Å². The zero-order valence-electron chi connectivity index (χ0n) is 24.1. The number of likely N-dealkylation sites (tertiary alicyclic amines) is 2. The average Bonchev–Trinajstić information content (AvgIpc) is 3.29. The molecule has 0 radical (unpaired) electrons. The van der Waals surface area contributed by atoms with Crippen molar-refractivity contribution in [1.82, 2.24) is 15.1 Å². The Morgan fingerprint density at radius 1 is 1.10 bits per heavy atom. The maximum Gasteiger partial charge on any atom is 0.252 e. The molecule has 2 aromatic rings. The maximum absolute atomic E-state index is 13.7. The maximum atomic E-state index is 13.7. The van der Waals surface area contributed by atoms with E-state index in [1.165, 1.54) is 12.1 Å². The predicted molar refractivity (Wildman–Crippen MR) is 168 cm³/mol. The van der Waals surface area contributed by atoms with Crippen LogP contribution in [0.3, 0.4) is 0 Å². The standard InChI is InChI=1S/C31H43FN4O2S2/c1-21(13-16-39-4)34-30(37)28-10-9-25(17-29(28)22-5-7-24(32)8-6-22)33-19-26-18-27(20-36(26)3)40-31(38)23-11-14-35(2)15-12-23/h5-10,17,21,23,26-27,33H,11-16,18-20H2,1-4H3,(H,34,37)/t21-,26+,27+/m1/s1. The molecule has 0 unspecified atom stereocenters. The molecule has 2 aliphatic rings. The lowest BCUT2D eigenvalue weighted by molar-refractivity contribution is -0.115. The number of hydrogen-bond acceptors (Lipinski definition) is 7. The van der Waals surface area contributed by atoms with Crippen molar-refractivity contribution in [2.45, 2.75) is 49.9 Å². The normalized spacial score (nSPS) is 21.3. The van der Waals surface area contributed by atoms with Crippen LogP contribution in [-0.4, -0.2) is 90.4 Å². The lowest BCUT2D eigenvalue weighted by atomic mass is 9.98. The van der Waals surface area contributed by atoms with E-state index in [1.54, 1.807) is 35.7 Å². The lowest BCUT2D eigenvalue weighted by Crippen LogP contribution is -2.33. The number of anilines is 1. The van der Waals surface area contributed by atoms with Crippen LogP contribution in [0, 0.1) is 11.7 Å². The van der Waals surface area contributed by atoms with Crippen molar-refractivity contribution in [3.8, 4) is 11.1 Å². The monoisotopic (exact) mass is 586 g/mol. The van der Waals surface area contributed by atoms with Gasteiger partial charge in [0.25, 0.3) is 5.91 Å². The van der Waals surface area contributed by atoms with Gasteiger partial charge in [-0.25, -0.2) is 4.39 Å². The van der Waals surface area contributed by atoms with E-state index < -0.39 is 0 Å². The van der Waals surface area contributed by atoms with Crippen molar-refractivity contribution >= 4 is 40.2 Å². The van der Waals surface area contributed by atoms with Crippen LogP contribution in [0.1, 0.15) is 43.0 Å². The molecule has 2 aliphatic heterocycles. The second-order valence-electron chi connectivity index (χ2n) is 11.3. The number of carbonyl (C=O) groups excluding carboxylic acids is 2. The van der Waals surface area contributed by atoms with Crippen LogP contribution in [0.4, 0.5) is 10.1 Å². The molecular formula is C31H43FN4O2S2. The zero-order chi connectivity index (χ0) is 28.6. The van der Waals surface area contributed by atoms with E-state index in [0.717, 1.165) is 74.4 Å². The van der Waals surface area contributed by atoms with Gasteiger partial charge < -0.3 is 20.4 Å². The van der Waals surface area contributed by atoms with Gasteiger partial charge in [-0.15, -0.1) is 0 Å². The molecule has 2 N–H and O–H groups in total. The number of halogens is 1. The molecule has 1 amide bonds. The molecule has 2 saturated heterocycles. The van der Waals surface area contributed by atoms with Gasteiger partial charge in [0.05, 0.1) is 0 Å². The van der Waals surface area contributed by atoms with Crippen molar-refractivity contribution < 1.29 is 14.0 Å². The third-order valence-corrected chi connectivity index (χ3v) is 9.96. The number of nitrogens with one attached hydrogen (secondary N) is 2. The van der Waals surface area contributed by atoms with Crippen molar-refractivity contribution in [3.63, 3.8) is 0 Å². The Balaban J connectivity index is 1.40. The summed E-state index contributed by atoms with van der Waals surface area (Å²) >= 11 is 3.32. The molecule has 3 atom stereocenters. The average molecular weight is 587 g/mol. The first-order chi connectivity index (χ1) is 19.2. The van der Waals surface area contributed by atoms with Gasteiger partial charge in [-0.3, -0.25) is 9.59 Å². The van der Waals surface area contributed by atoms with Gasteiger partial charge in [-0.05, 0) is 113 Å². The van der Waals surface area contributed by atoms with Crippen LogP contribution in [0.5, 0.6) is 0 Å². The number of piperidine rings is 1. The van der Waals surface area contributed by atoms with Gasteiger partial charge in [0, 0.05) is 47.6 Å². The molecule has 0 bridgehead atoms. The van der Waals surface area contributed by atoms with E-state index in [2.05, 4.69) is 40.8 Å². The first-order valence-electron chi connectivity index (χ1n) is 14.3. The molecule has 218 valence electrons. The van der Waals surface area contributed by atoms with E-state index >= 15 is 0 Å². The summed E-state index contributed by atoms with van der Waals surface area (Å²) < 4.78 is 13.7. The van der Waals surface area contributed by atoms with Gasteiger partial charge in [0.1, 0.15) is 5.82 Å². The largest absolute Gasteiger partial charge is 0.383 e. The highest BCUT2D eigenvalue weighted by molar-refractivity contribution is 8.14. The topological polar surface area (TPSA) is 64.7 Å². The summed E-state index contributed by atoms with van der Waals surface area (Å²) in [5.41, 5.74) is 3.07. The fraction of sp³-hybridized carbons (Fsp3) is 0.548. The van der Waals surface area contributed by atoms with Gasteiger partial charge in [-0.2, -0.15) is 11.8 Å². The van der Waals surface area contributed by atoms with Crippen molar-refractivity contribution in [2.24, 2.45) is 5.92 Å². The van der Waals surface area contributed by atoms with Gasteiger partial charge in [0.15, 0.2) is 5.12 Å². The smallest absolute Gasteiger partial charge is 0.252 e. The summed E-state index contributed by atoms with van der Waals surface area (Å²) in [7, 11) is 4.25. The van der Waals surface area contributed by atoms with Crippen LogP contribution in [0.15, 0.2) is 42.5 Å². The number of thioether (sulfide) groups is 2. The first-order valence-corrected chi connectivity index (χ1v) is 16.5. The Morgan fingerprint density at radius 3 is 2.52 bits per heavy atom. The van der Waals surface area contributed by atoms with Crippen LogP contribution >= 0.6 is 23.5 Å². The number of rotatable bonds is 11. The summed E-state index contributed by atoms with van der Waals surface area (Å²) in [4.78, 5) is 30.7. The number of hydrogen-bond donors (Lipinski definition) is 2. The minimum Gasteiger partial charge on any atom is -0.383 e. The lowest BCUT2D eigenvalue weighted by Gasteiger charge is -2.28. The number of likely N-dealkylation sites (N-methyl/N-ethyl adjacent to an activating group) is 1. The second-order valence-corrected chi connectivity index (χ2v) is 13.6. The highest BCUT2D eigenvalue weighted by atomic mass is 32.2. The van der Waals surface area contributed by atoms with E-state index in [0.29, 0.717) is 22.0 Å². The Kier molecular flexibility index (Phi) is 11.4. The molecule has 0 aromatic heterocycles. The highest BCUT2D eigenvalue weighted by Crippen LogP contribution is 2.33. The summed E-state index contributed by atoms with van der Waals surface area (Å²) in [6.07, 6.45) is 5.86. The number of benzene rings is 2. The summed E-state index contributed by atoms with van der Waals surface area (Å²) in [5, 5.41) is 7.36. The SMILES string of the molecule is CSCC[C@@H](C)NC(=O)c1ccc(NC[C@@H]2C[C@H](SC(=O)C3CCN(C)CC3)CN2C)cc1-c1ccc(F)cc1. The molecule has 2 heterocycles. The van der Waals surface area contributed by atoms with Crippen molar-refractivity contribution in [3.05, 3.63) is 53.8 Å². The number of amides is 1. The quantitative estimate of drug-likeness (QED) is 0.363. The minimum atomic E-state index is -0.305. The van der Waals surface area contributed by atoms with Gasteiger partial charge >= 0.3 is 0 Å². The minimum absolute atomic E-state index is 0.0638. The molecule has 4 rings (SSSR count). The Labute approximate surface area is 247 Å². The van der Waals surface area contributed by atoms with Crippen LogP contribution in [0.25, 0.3) is 11.1 Å². The fourth-order valence-electron chi connectivity index (χ4n) is 5.48. The molecule has 2 aromatic carbocycles. The molecule has 0 aliphatic carbocycles. The van der Waals surface area contributed by atoms with Crippen molar-refractivity contribution in [1.29, 1.82) is 0 Å². The summed E-state index contributed by atoms with van der Waals surface area (Å²) in [5.74, 6) is 0.749. The molecule has 2 fully saturated rings. The molecule has 9 heteroatoms. The van der Waals surface area contributed by atoms with E-state index in [4.69, 9.17) is 0 Å². The van der Waals surface area contributed by atoms with E-state index in [-0.39, 0.29) is 23.7 Å². The third kappa shape index (κ3) is 8.47. The molecule has 6 nitrogen and oxygen atoms in total.